The third kappa shape index (κ3) is 1.80. The standard InChI is InChI=1S/C17H17NO/c18-15-11-12-17(16(15)19,13-7-3-1-4-8-13)14-9-5-2-6-10-14/h1-10,15H,11-12,18H2. The van der Waals surface area contributed by atoms with Crippen LogP contribution in [0.3, 0.4) is 0 Å². The molecule has 0 radical (unpaired) electrons. The summed E-state index contributed by atoms with van der Waals surface area (Å²) in [6.45, 7) is 0. The number of benzene rings is 2. The summed E-state index contributed by atoms with van der Waals surface area (Å²) in [5.41, 5.74) is 7.53. The van der Waals surface area contributed by atoms with Gasteiger partial charge in [0.25, 0.3) is 0 Å². The zero-order valence-corrected chi connectivity index (χ0v) is 10.8. The lowest BCUT2D eigenvalue weighted by Gasteiger charge is -2.29. The normalized spacial score (nSPS) is 21.5. The van der Waals surface area contributed by atoms with Gasteiger partial charge in [-0.15, -0.1) is 0 Å². The third-order valence-corrected chi connectivity index (χ3v) is 4.12. The highest BCUT2D eigenvalue weighted by atomic mass is 16.1. The molecular weight excluding hydrogens is 234 g/mol. The fourth-order valence-electron chi connectivity index (χ4n) is 3.13. The molecule has 0 bridgehead atoms. The van der Waals surface area contributed by atoms with Gasteiger partial charge in [0.2, 0.25) is 0 Å². The van der Waals surface area contributed by atoms with E-state index in [0.717, 1.165) is 24.0 Å². The van der Waals surface area contributed by atoms with Gasteiger partial charge in [-0.2, -0.15) is 0 Å². The lowest BCUT2D eigenvalue weighted by Crippen LogP contribution is -2.39. The highest BCUT2D eigenvalue weighted by Gasteiger charge is 2.48. The van der Waals surface area contributed by atoms with Crippen molar-refractivity contribution >= 4 is 5.78 Å². The van der Waals surface area contributed by atoms with E-state index in [2.05, 4.69) is 0 Å². The van der Waals surface area contributed by atoms with Crippen LogP contribution in [0.4, 0.5) is 0 Å². The molecule has 3 rings (SSSR count). The predicted molar refractivity (Wildman–Crippen MR) is 75.9 cm³/mol. The largest absolute Gasteiger partial charge is 0.321 e. The van der Waals surface area contributed by atoms with Crippen molar-refractivity contribution < 1.29 is 4.79 Å². The number of nitrogens with two attached hydrogens (primary N) is 1. The monoisotopic (exact) mass is 251 g/mol. The molecule has 1 atom stereocenters. The van der Waals surface area contributed by atoms with Crippen molar-refractivity contribution in [1.29, 1.82) is 0 Å². The van der Waals surface area contributed by atoms with Crippen molar-refractivity contribution in [3.05, 3.63) is 71.8 Å². The molecule has 96 valence electrons. The maximum absolute atomic E-state index is 12.7. The smallest absolute Gasteiger partial charge is 0.164 e. The Balaban J connectivity index is 2.21. The molecule has 2 aromatic rings. The van der Waals surface area contributed by atoms with E-state index >= 15 is 0 Å². The van der Waals surface area contributed by atoms with Crippen LogP contribution in [-0.2, 0) is 10.2 Å². The number of carbonyl (C=O) groups is 1. The van der Waals surface area contributed by atoms with Crippen LogP contribution in [0.25, 0.3) is 0 Å². The molecule has 2 N–H and O–H groups in total. The highest BCUT2D eigenvalue weighted by molar-refractivity contribution is 5.99. The summed E-state index contributed by atoms with van der Waals surface area (Å²) >= 11 is 0. The van der Waals surface area contributed by atoms with E-state index in [1.165, 1.54) is 0 Å². The lowest BCUT2D eigenvalue weighted by atomic mass is 9.72. The Bertz CT molecular complexity index is 537. The van der Waals surface area contributed by atoms with Crippen molar-refractivity contribution in [2.24, 2.45) is 5.73 Å². The molecule has 1 unspecified atom stereocenters. The molecule has 0 spiro atoms. The Hall–Kier alpha value is -1.93. The van der Waals surface area contributed by atoms with Gasteiger partial charge in [0.15, 0.2) is 5.78 Å². The first-order valence-electron chi connectivity index (χ1n) is 6.66. The Morgan fingerprint density at radius 2 is 1.37 bits per heavy atom. The van der Waals surface area contributed by atoms with Gasteiger partial charge < -0.3 is 5.73 Å². The van der Waals surface area contributed by atoms with Crippen molar-refractivity contribution in [1.82, 2.24) is 0 Å². The van der Waals surface area contributed by atoms with Crippen LogP contribution in [0.5, 0.6) is 0 Å². The Kier molecular flexibility index (Phi) is 2.96. The van der Waals surface area contributed by atoms with Crippen LogP contribution in [0.2, 0.25) is 0 Å². The van der Waals surface area contributed by atoms with Crippen molar-refractivity contribution in [3.63, 3.8) is 0 Å². The van der Waals surface area contributed by atoms with Gasteiger partial charge in [-0.05, 0) is 24.0 Å². The number of rotatable bonds is 2. The number of ketones is 1. The molecule has 0 amide bonds. The minimum Gasteiger partial charge on any atom is -0.321 e. The van der Waals surface area contributed by atoms with E-state index in [1.54, 1.807) is 0 Å². The number of carbonyl (C=O) groups excluding carboxylic acids is 1. The highest BCUT2D eigenvalue weighted by Crippen LogP contribution is 2.43. The zero-order valence-electron chi connectivity index (χ0n) is 10.8. The van der Waals surface area contributed by atoms with Crippen LogP contribution in [0.15, 0.2) is 60.7 Å². The maximum Gasteiger partial charge on any atom is 0.164 e. The Morgan fingerprint density at radius 1 is 0.895 bits per heavy atom. The van der Waals surface area contributed by atoms with Gasteiger partial charge in [-0.3, -0.25) is 4.79 Å². The number of hydrogen-bond donors (Lipinski definition) is 1. The van der Waals surface area contributed by atoms with E-state index < -0.39 is 5.41 Å². The Labute approximate surface area is 113 Å². The van der Waals surface area contributed by atoms with Crippen LogP contribution < -0.4 is 5.73 Å². The molecule has 1 saturated carbocycles. The lowest BCUT2D eigenvalue weighted by molar-refractivity contribution is -0.122. The molecule has 0 aliphatic heterocycles. The topological polar surface area (TPSA) is 43.1 Å². The first-order chi connectivity index (χ1) is 9.25. The predicted octanol–water partition coefficient (Wildman–Crippen LogP) is 2.66. The second-order valence-electron chi connectivity index (χ2n) is 5.15. The Morgan fingerprint density at radius 3 is 1.74 bits per heavy atom. The van der Waals surface area contributed by atoms with Crippen LogP contribution >= 0.6 is 0 Å². The van der Waals surface area contributed by atoms with Gasteiger partial charge in [0.1, 0.15) is 0 Å². The van der Waals surface area contributed by atoms with Gasteiger partial charge in [0.05, 0.1) is 11.5 Å². The summed E-state index contributed by atoms with van der Waals surface area (Å²) in [5, 5.41) is 0. The first kappa shape index (κ1) is 12.1. The molecule has 2 nitrogen and oxygen atoms in total. The zero-order chi connectivity index (χ0) is 13.3. The fraction of sp³-hybridized carbons (Fsp3) is 0.235. The van der Waals surface area contributed by atoms with Gasteiger partial charge in [0, 0.05) is 0 Å². The quantitative estimate of drug-likeness (QED) is 0.891. The second kappa shape index (κ2) is 4.63. The van der Waals surface area contributed by atoms with Crippen molar-refractivity contribution in [2.45, 2.75) is 24.3 Å². The second-order valence-corrected chi connectivity index (χ2v) is 5.15. The first-order valence-corrected chi connectivity index (χ1v) is 6.66. The minimum atomic E-state index is -0.554. The summed E-state index contributed by atoms with van der Waals surface area (Å²) in [4.78, 5) is 12.7. The minimum absolute atomic E-state index is 0.143. The summed E-state index contributed by atoms with van der Waals surface area (Å²) in [5.74, 6) is 0.143. The molecule has 2 heteroatoms. The molecule has 0 heterocycles. The fourth-order valence-corrected chi connectivity index (χ4v) is 3.13. The molecule has 1 aliphatic rings. The summed E-state index contributed by atoms with van der Waals surface area (Å²) in [7, 11) is 0. The number of Topliss-reactive ketones (excluding diaryl/α,β-unsaturated/α-hetero) is 1. The van der Waals surface area contributed by atoms with Crippen LogP contribution in [0, 0.1) is 0 Å². The third-order valence-electron chi connectivity index (χ3n) is 4.12. The average Bonchev–Trinajstić information content (AvgIpc) is 2.78. The van der Waals surface area contributed by atoms with Crippen LogP contribution in [-0.4, -0.2) is 11.8 Å². The van der Waals surface area contributed by atoms with Gasteiger partial charge in [-0.1, -0.05) is 60.7 Å². The SMILES string of the molecule is NC1CCC(c2ccccc2)(c2ccccc2)C1=O. The average molecular weight is 251 g/mol. The summed E-state index contributed by atoms with van der Waals surface area (Å²) in [6.07, 6.45) is 1.55. The molecule has 1 fully saturated rings. The summed E-state index contributed by atoms with van der Waals surface area (Å²) < 4.78 is 0. The molecule has 19 heavy (non-hydrogen) atoms. The van der Waals surface area contributed by atoms with Crippen molar-refractivity contribution in [3.8, 4) is 0 Å². The van der Waals surface area contributed by atoms with Crippen LogP contribution in [0.1, 0.15) is 24.0 Å². The number of hydrogen-bond acceptors (Lipinski definition) is 2. The summed E-state index contributed by atoms with van der Waals surface area (Å²) in [6, 6.07) is 19.7. The van der Waals surface area contributed by atoms with E-state index in [9.17, 15) is 4.79 Å². The van der Waals surface area contributed by atoms with E-state index in [-0.39, 0.29) is 11.8 Å². The molecule has 1 aliphatic carbocycles. The molecule has 0 saturated heterocycles. The van der Waals surface area contributed by atoms with Crippen molar-refractivity contribution in [2.75, 3.05) is 0 Å². The maximum atomic E-state index is 12.7. The van der Waals surface area contributed by atoms with E-state index in [1.807, 2.05) is 60.7 Å². The van der Waals surface area contributed by atoms with E-state index in [0.29, 0.717) is 0 Å². The molecular formula is C17H17NO. The van der Waals surface area contributed by atoms with Gasteiger partial charge >= 0.3 is 0 Å². The molecule has 2 aromatic carbocycles. The van der Waals surface area contributed by atoms with Gasteiger partial charge in [-0.25, -0.2) is 0 Å². The van der Waals surface area contributed by atoms with E-state index in [4.69, 9.17) is 5.73 Å². The molecule has 0 aromatic heterocycles.